The molecule has 0 fully saturated rings. The molecule has 2 amide bonds. The second-order valence-electron chi connectivity index (χ2n) is 6.56. The number of fused-ring (bicyclic) bond motifs is 1. The summed E-state index contributed by atoms with van der Waals surface area (Å²) in [6, 6.07) is 0. The van der Waals surface area contributed by atoms with Crippen molar-refractivity contribution in [3.8, 4) is 0 Å². The van der Waals surface area contributed by atoms with Gasteiger partial charge in [0.15, 0.2) is 0 Å². The van der Waals surface area contributed by atoms with Gasteiger partial charge in [-0.3, -0.25) is 9.48 Å². The van der Waals surface area contributed by atoms with E-state index < -0.39 is 11.7 Å². The van der Waals surface area contributed by atoms with Crippen LogP contribution in [0.1, 0.15) is 37.7 Å². The number of hydrogen-bond acceptors (Lipinski definition) is 4. The highest BCUT2D eigenvalue weighted by Gasteiger charge is 2.25. The van der Waals surface area contributed by atoms with Crippen LogP contribution in [0.25, 0.3) is 0 Å². The van der Waals surface area contributed by atoms with E-state index in [2.05, 4.69) is 10.4 Å². The molecule has 1 aromatic heterocycles. The minimum absolute atomic E-state index is 0.0545. The Labute approximate surface area is 130 Å². The van der Waals surface area contributed by atoms with Gasteiger partial charge in [-0.1, -0.05) is 0 Å². The molecule has 0 saturated heterocycles. The number of carbonyl (C=O) groups excluding carboxylic acids is 2. The smallest absolute Gasteiger partial charge is 0.408 e. The van der Waals surface area contributed by atoms with Crippen molar-refractivity contribution in [2.75, 3.05) is 13.1 Å². The average molecular weight is 308 g/mol. The first-order valence-electron chi connectivity index (χ1n) is 7.43. The summed E-state index contributed by atoms with van der Waals surface area (Å²) >= 11 is 0. The lowest BCUT2D eigenvalue weighted by Crippen LogP contribution is -2.44. The lowest BCUT2D eigenvalue weighted by Gasteiger charge is -2.28. The molecule has 22 heavy (non-hydrogen) atoms. The van der Waals surface area contributed by atoms with E-state index in [1.54, 1.807) is 25.7 Å². The summed E-state index contributed by atoms with van der Waals surface area (Å²) in [6.45, 7) is 8.46. The van der Waals surface area contributed by atoms with Crippen LogP contribution in [-0.4, -0.2) is 45.4 Å². The Morgan fingerprint density at radius 3 is 2.68 bits per heavy atom. The molecule has 122 valence electrons. The molecule has 2 heterocycles. The highest BCUT2D eigenvalue weighted by Crippen LogP contribution is 2.21. The number of hydrogen-bond donors (Lipinski definition) is 1. The van der Waals surface area contributed by atoms with Crippen molar-refractivity contribution in [2.45, 2.75) is 46.3 Å². The van der Waals surface area contributed by atoms with Crippen LogP contribution >= 0.6 is 0 Å². The molecule has 0 bridgehead atoms. The summed E-state index contributed by atoms with van der Waals surface area (Å²) in [4.78, 5) is 25.5. The van der Waals surface area contributed by atoms with Crippen molar-refractivity contribution >= 4 is 12.0 Å². The van der Waals surface area contributed by atoms with Crippen LogP contribution in [0.5, 0.6) is 0 Å². The van der Waals surface area contributed by atoms with E-state index in [0.29, 0.717) is 13.1 Å². The first kappa shape index (κ1) is 16.3. The predicted molar refractivity (Wildman–Crippen MR) is 81.3 cm³/mol. The molecule has 0 aromatic carbocycles. The van der Waals surface area contributed by atoms with E-state index in [4.69, 9.17) is 4.74 Å². The normalized spacial score (nSPS) is 14.5. The number of rotatable bonds is 2. The van der Waals surface area contributed by atoms with Crippen LogP contribution in [-0.2, 0) is 29.5 Å². The van der Waals surface area contributed by atoms with Gasteiger partial charge in [0.25, 0.3) is 0 Å². The Balaban J connectivity index is 1.90. The summed E-state index contributed by atoms with van der Waals surface area (Å²) in [5.41, 5.74) is 2.75. The number of amides is 2. The first-order chi connectivity index (χ1) is 10.2. The van der Waals surface area contributed by atoms with Gasteiger partial charge in [-0.15, -0.1) is 0 Å². The lowest BCUT2D eigenvalue weighted by atomic mass is 10.0. The van der Waals surface area contributed by atoms with Crippen LogP contribution in [0.3, 0.4) is 0 Å². The first-order valence-corrected chi connectivity index (χ1v) is 7.43. The fourth-order valence-corrected chi connectivity index (χ4v) is 2.57. The number of alkyl carbamates (subject to hydrolysis) is 1. The quantitative estimate of drug-likeness (QED) is 0.889. The topological polar surface area (TPSA) is 76.5 Å². The number of carbonyl (C=O) groups is 2. The van der Waals surface area contributed by atoms with Crippen LogP contribution in [0.15, 0.2) is 0 Å². The minimum Gasteiger partial charge on any atom is -0.444 e. The SMILES string of the molecule is Cc1nn(C)c2c1CCN(C(=O)CNC(=O)OC(C)(C)C)C2. The third-order valence-corrected chi connectivity index (χ3v) is 3.58. The molecule has 0 aliphatic carbocycles. The Morgan fingerprint density at radius 1 is 1.36 bits per heavy atom. The van der Waals surface area contributed by atoms with Crippen molar-refractivity contribution in [1.82, 2.24) is 20.0 Å². The van der Waals surface area contributed by atoms with Crippen molar-refractivity contribution in [3.05, 3.63) is 17.0 Å². The highest BCUT2D eigenvalue weighted by molar-refractivity contribution is 5.82. The molecule has 7 nitrogen and oxygen atoms in total. The zero-order chi connectivity index (χ0) is 16.5. The highest BCUT2D eigenvalue weighted by atomic mass is 16.6. The minimum atomic E-state index is -0.574. The molecule has 1 aliphatic heterocycles. The molecule has 7 heteroatoms. The Bertz CT molecular complexity index is 586. The molecular formula is C15H24N4O3. The molecule has 1 aromatic rings. The maximum atomic E-state index is 12.2. The summed E-state index contributed by atoms with van der Waals surface area (Å²) in [6.07, 6.45) is 0.225. The van der Waals surface area contributed by atoms with Crippen LogP contribution in [0.4, 0.5) is 4.79 Å². The molecule has 0 saturated carbocycles. The summed E-state index contributed by atoms with van der Waals surface area (Å²) < 4.78 is 6.94. The van der Waals surface area contributed by atoms with Gasteiger partial charge in [0.2, 0.25) is 5.91 Å². The van der Waals surface area contributed by atoms with Gasteiger partial charge >= 0.3 is 6.09 Å². The predicted octanol–water partition coefficient (Wildman–Crippen LogP) is 1.14. The number of nitrogens with zero attached hydrogens (tertiary/aromatic N) is 3. The van der Waals surface area contributed by atoms with Crippen molar-refractivity contribution in [3.63, 3.8) is 0 Å². The standard InChI is InChI=1S/C15H24N4O3/c1-10-11-6-7-19(9-12(11)18(5)17-10)13(20)8-16-14(21)22-15(2,3)4/h6-9H2,1-5H3,(H,16,21). The van der Waals surface area contributed by atoms with Gasteiger partial charge in [0.1, 0.15) is 12.1 Å². The summed E-state index contributed by atoms with van der Waals surface area (Å²) in [7, 11) is 1.89. The summed E-state index contributed by atoms with van der Waals surface area (Å²) in [5.74, 6) is -0.115. The number of aromatic nitrogens is 2. The zero-order valence-electron chi connectivity index (χ0n) is 13.9. The van der Waals surface area contributed by atoms with Crippen LogP contribution in [0.2, 0.25) is 0 Å². The van der Waals surface area contributed by atoms with E-state index in [1.165, 1.54) is 5.56 Å². The number of aryl methyl sites for hydroxylation is 2. The van der Waals surface area contributed by atoms with Crippen molar-refractivity contribution < 1.29 is 14.3 Å². The molecule has 0 unspecified atom stereocenters. The van der Waals surface area contributed by atoms with E-state index in [1.807, 2.05) is 18.7 Å². The van der Waals surface area contributed by atoms with Gasteiger partial charge in [-0.25, -0.2) is 4.79 Å². The number of nitrogens with one attached hydrogen (secondary N) is 1. The van der Waals surface area contributed by atoms with Gasteiger partial charge in [0.05, 0.1) is 17.9 Å². The third-order valence-electron chi connectivity index (χ3n) is 3.58. The number of ether oxygens (including phenoxy) is 1. The van der Waals surface area contributed by atoms with Crippen molar-refractivity contribution in [2.24, 2.45) is 7.05 Å². The largest absolute Gasteiger partial charge is 0.444 e. The zero-order valence-corrected chi connectivity index (χ0v) is 13.9. The lowest BCUT2D eigenvalue weighted by molar-refractivity contribution is -0.131. The monoisotopic (exact) mass is 308 g/mol. The molecule has 2 rings (SSSR count). The molecular weight excluding hydrogens is 284 g/mol. The van der Waals surface area contributed by atoms with Crippen LogP contribution < -0.4 is 5.32 Å². The van der Waals surface area contributed by atoms with Crippen LogP contribution in [0, 0.1) is 6.92 Å². The van der Waals surface area contributed by atoms with E-state index >= 15 is 0 Å². The molecule has 0 spiro atoms. The van der Waals surface area contributed by atoms with Gasteiger partial charge < -0.3 is 15.0 Å². The second-order valence-corrected chi connectivity index (χ2v) is 6.56. The second kappa shape index (κ2) is 5.98. The molecule has 0 radical (unpaired) electrons. The Kier molecular flexibility index (Phi) is 4.44. The average Bonchev–Trinajstić information content (AvgIpc) is 2.69. The van der Waals surface area contributed by atoms with Gasteiger partial charge in [-0.2, -0.15) is 5.10 Å². The molecule has 1 N–H and O–H groups in total. The van der Waals surface area contributed by atoms with Gasteiger partial charge in [-0.05, 0) is 39.7 Å². The van der Waals surface area contributed by atoms with Crippen molar-refractivity contribution in [1.29, 1.82) is 0 Å². The fourth-order valence-electron chi connectivity index (χ4n) is 2.57. The summed E-state index contributed by atoms with van der Waals surface area (Å²) in [5, 5.41) is 6.90. The maximum absolute atomic E-state index is 12.2. The van der Waals surface area contributed by atoms with E-state index in [-0.39, 0.29) is 12.5 Å². The third kappa shape index (κ3) is 3.78. The fraction of sp³-hybridized carbons (Fsp3) is 0.667. The Morgan fingerprint density at radius 2 is 2.05 bits per heavy atom. The van der Waals surface area contributed by atoms with Gasteiger partial charge in [0, 0.05) is 13.6 Å². The maximum Gasteiger partial charge on any atom is 0.408 e. The Hall–Kier alpha value is -2.05. The molecule has 0 atom stereocenters. The van der Waals surface area contributed by atoms with E-state index in [9.17, 15) is 9.59 Å². The van der Waals surface area contributed by atoms with E-state index in [0.717, 1.165) is 17.8 Å². The molecule has 1 aliphatic rings.